The average Bonchev–Trinajstić information content (AvgIpc) is 2.57. The second-order valence-electron chi connectivity index (χ2n) is 4.88. The molecule has 1 aromatic heterocycles. The monoisotopic (exact) mass is 229 g/mol. The number of para-hydroxylation sites is 1. The van der Waals surface area contributed by atoms with Gasteiger partial charge in [0.15, 0.2) is 0 Å². The highest BCUT2D eigenvalue weighted by Crippen LogP contribution is 2.27. The summed E-state index contributed by atoms with van der Waals surface area (Å²) in [6.07, 6.45) is 5.15. The summed E-state index contributed by atoms with van der Waals surface area (Å²) in [6, 6.07) is 8.94. The lowest BCUT2D eigenvalue weighted by Gasteiger charge is -2.13. The number of nitrogens with one attached hydrogen (secondary N) is 1. The molecule has 3 rings (SSSR count). The van der Waals surface area contributed by atoms with Crippen LogP contribution < -0.4 is 5.32 Å². The van der Waals surface area contributed by atoms with Crippen molar-refractivity contribution >= 4 is 10.9 Å². The van der Waals surface area contributed by atoms with Gasteiger partial charge in [-0.25, -0.2) is 0 Å². The number of aryl methyl sites for hydroxylation is 1. The Bertz CT molecular complexity index is 507. The van der Waals surface area contributed by atoms with E-state index in [1.165, 1.54) is 42.3 Å². The van der Waals surface area contributed by atoms with Crippen LogP contribution in [0.4, 0.5) is 0 Å². The van der Waals surface area contributed by atoms with Gasteiger partial charge in [0.25, 0.3) is 0 Å². The van der Waals surface area contributed by atoms with Gasteiger partial charge >= 0.3 is 0 Å². The molecule has 1 atom stereocenters. The molecule has 2 heterocycles. The van der Waals surface area contributed by atoms with Gasteiger partial charge in [0, 0.05) is 12.4 Å². The molecule has 0 aliphatic carbocycles. The fourth-order valence-electron chi connectivity index (χ4n) is 2.76. The first-order chi connectivity index (χ1) is 8.36. The Kier molecular flexibility index (Phi) is 2.85. The molecule has 0 radical (unpaired) electrons. The Balaban J connectivity index is 2.04. The van der Waals surface area contributed by atoms with E-state index in [0.717, 1.165) is 6.54 Å². The van der Waals surface area contributed by atoms with Crippen LogP contribution in [0.25, 0.3) is 10.9 Å². The molecule has 1 aromatic carbocycles. The number of rotatable bonds is 1. The summed E-state index contributed by atoms with van der Waals surface area (Å²) in [5, 5.41) is 9.64. The van der Waals surface area contributed by atoms with Crippen LogP contribution in [0, 0.1) is 0 Å². The third-order valence-corrected chi connectivity index (χ3v) is 3.68. The Hall–Kier alpha value is -1.35. The molecule has 1 N–H and O–H groups in total. The zero-order valence-corrected chi connectivity index (χ0v) is 10.3. The van der Waals surface area contributed by atoms with Crippen LogP contribution in [-0.4, -0.2) is 16.3 Å². The first-order valence-corrected chi connectivity index (χ1v) is 6.51. The molecule has 0 bridgehead atoms. The molecular weight excluding hydrogens is 210 g/mol. The van der Waals surface area contributed by atoms with E-state index in [1.54, 1.807) is 0 Å². The van der Waals surface area contributed by atoms with E-state index >= 15 is 0 Å². The second-order valence-corrected chi connectivity index (χ2v) is 4.88. The summed E-state index contributed by atoms with van der Waals surface area (Å²) in [7, 11) is 2.03. The molecule has 1 saturated heterocycles. The molecule has 3 nitrogen and oxygen atoms in total. The molecule has 0 saturated carbocycles. The number of nitrogens with zero attached hydrogens (tertiary/aromatic N) is 2. The first-order valence-electron chi connectivity index (χ1n) is 6.51. The quantitative estimate of drug-likeness (QED) is 0.815. The van der Waals surface area contributed by atoms with Crippen LogP contribution in [0.2, 0.25) is 0 Å². The fourth-order valence-corrected chi connectivity index (χ4v) is 2.76. The van der Waals surface area contributed by atoms with Crippen molar-refractivity contribution in [2.24, 2.45) is 7.05 Å². The van der Waals surface area contributed by atoms with Crippen LogP contribution in [0.5, 0.6) is 0 Å². The molecule has 1 aliphatic heterocycles. The summed E-state index contributed by atoms with van der Waals surface area (Å²) < 4.78 is 2.00. The van der Waals surface area contributed by atoms with E-state index in [1.807, 2.05) is 11.7 Å². The number of benzene rings is 1. The molecule has 0 amide bonds. The van der Waals surface area contributed by atoms with Gasteiger partial charge in [-0.3, -0.25) is 4.68 Å². The fraction of sp³-hybridized carbons (Fsp3) is 0.500. The topological polar surface area (TPSA) is 29.9 Å². The highest BCUT2D eigenvalue weighted by atomic mass is 15.3. The summed E-state index contributed by atoms with van der Waals surface area (Å²) >= 11 is 0. The Morgan fingerprint density at radius 1 is 1.24 bits per heavy atom. The van der Waals surface area contributed by atoms with Crippen molar-refractivity contribution in [3.05, 3.63) is 30.0 Å². The molecule has 17 heavy (non-hydrogen) atoms. The smallest absolute Gasteiger partial charge is 0.0872 e. The van der Waals surface area contributed by atoms with Crippen molar-refractivity contribution in [1.29, 1.82) is 0 Å². The number of fused-ring (bicyclic) bond motifs is 1. The van der Waals surface area contributed by atoms with E-state index in [9.17, 15) is 0 Å². The van der Waals surface area contributed by atoms with Gasteiger partial charge < -0.3 is 5.32 Å². The van der Waals surface area contributed by atoms with Crippen molar-refractivity contribution in [1.82, 2.24) is 15.1 Å². The molecular formula is C14H19N3. The molecule has 3 heteroatoms. The lowest BCUT2D eigenvalue weighted by Crippen LogP contribution is -2.21. The van der Waals surface area contributed by atoms with Crippen LogP contribution in [-0.2, 0) is 7.05 Å². The summed E-state index contributed by atoms with van der Waals surface area (Å²) in [6.45, 7) is 1.12. The van der Waals surface area contributed by atoms with Gasteiger partial charge in [-0.2, -0.15) is 5.10 Å². The van der Waals surface area contributed by atoms with Crippen molar-refractivity contribution in [3.8, 4) is 0 Å². The minimum atomic E-state index is 0.434. The Morgan fingerprint density at radius 3 is 3.06 bits per heavy atom. The van der Waals surface area contributed by atoms with Gasteiger partial charge in [-0.1, -0.05) is 31.0 Å². The normalized spacial score (nSPS) is 21.6. The van der Waals surface area contributed by atoms with Crippen molar-refractivity contribution in [3.63, 3.8) is 0 Å². The number of hydrogen-bond acceptors (Lipinski definition) is 2. The van der Waals surface area contributed by atoms with Crippen molar-refractivity contribution in [2.75, 3.05) is 6.54 Å². The number of hydrogen-bond donors (Lipinski definition) is 1. The lowest BCUT2D eigenvalue weighted by atomic mass is 10.0. The van der Waals surface area contributed by atoms with Crippen LogP contribution >= 0.6 is 0 Å². The predicted molar refractivity (Wildman–Crippen MR) is 69.9 cm³/mol. The maximum Gasteiger partial charge on any atom is 0.0872 e. The van der Waals surface area contributed by atoms with Crippen LogP contribution in [0.3, 0.4) is 0 Å². The van der Waals surface area contributed by atoms with Gasteiger partial charge in [0.05, 0.1) is 17.3 Å². The number of aromatic nitrogens is 2. The second kappa shape index (κ2) is 4.49. The Labute approximate surface area is 102 Å². The van der Waals surface area contributed by atoms with Crippen molar-refractivity contribution < 1.29 is 0 Å². The first kappa shape index (κ1) is 10.8. The zero-order valence-electron chi connectivity index (χ0n) is 10.3. The summed E-state index contributed by atoms with van der Waals surface area (Å²) in [5.74, 6) is 0. The van der Waals surface area contributed by atoms with Crippen LogP contribution in [0.15, 0.2) is 24.3 Å². The molecule has 1 aliphatic rings. The summed E-state index contributed by atoms with van der Waals surface area (Å²) in [5.41, 5.74) is 2.46. The minimum absolute atomic E-state index is 0.434. The standard InChI is InChI=1S/C14H19N3/c1-17-13-9-5-4-7-11(13)14(16-17)12-8-3-2-6-10-15-12/h4-5,7,9,12,15H,2-3,6,8,10H2,1H3. The molecule has 1 fully saturated rings. The lowest BCUT2D eigenvalue weighted by molar-refractivity contribution is 0.517. The van der Waals surface area contributed by atoms with Gasteiger partial charge in [0.1, 0.15) is 0 Å². The van der Waals surface area contributed by atoms with E-state index in [0.29, 0.717) is 6.04 Å². The maximum absolute atomic E-state index is 4.71. The average molecular weight is 229 g/mol. The SMILES string of the molecule is Cn1nc(C2CCCCCN2)c2ccccc21. The molecule has 2 aromatic rings. The summed E-state index contributed by atoms with van der Waals surface area (Å²) in [4.78, 5) is 0. The third-order valence-electron chi connectivity index (χ3n) is 3.68. The van der Waals surface area contributed by atoms with Crippen molar-refractivity contribution in [2.45, 2.75) is 31.7 Å². The highest BCUT2D eigenvalue weighted by molar-refractivity contribution is 5.82. The van der Waals surface area contributed by atoms with Gasteiger partial charge in [-0.05, 0) is 25.5 Å². The molecule has 90 valence electrons. The zero-order chi connectivity index (χ0) is 11.7. The molecule has 0 spiro atoms. The molecule has 1 unspecified atom stereocenters. The third kappa shape index (κ3) is 1.95. The van der Waals surface area contributed by atoms with Crippen LogP contribution in [0.1, 0.15) is 37.4 Å². The van der Waals surface area contributed by atoms with Gasteiger partial charge in [-0.15, -0.1) is 0 Å². The largest absolute Gasteiger partial charge is 0.309 e. The van der Waals surface area contributed by atoms with Gasteiger partial charge in [0.2, 0.25) is 0 Å². The minimum Gasteiger partial charge on any atom is -0.309 e. The Morgan fingerprint density at radius 2 is 2.12 bits per heavy atom. The van der Waals surface area contributed by atoms with E-state index in [2.05, 4.69) is 29.6 Å². The van der Waals surface area contributed by atoms with E-state index < -0.39 is 0 Å². The highest BCUT2D eigenvalue weighted by Gasteiger charge is 2.19. The van der Waals surface area contributed by atoms with E-state index in [4.69, 9.17) is 5.10 Å². The maximum atomic E-state index is 4.71. The predicted octanol–water partition coefficient (Wildman–Crippen LogP) is 2.78. The van der Waals surface area contributed by atoms with E-state index in [-0.39, 0.29) is 0 Å².